The van der Waals surface area contributed by atoms with Crippen LogP contribution in [0.15, 0.2) is 48.5 Å². The molecule has 0 unspecified atom stereocenters. The molecule has 7 heteroatoms. The van der Waals surface area contributed by atoms with Crippen LogP contribution in [0, 0.1) is 0 Å². The number of nitrogens with one attached hydrogen (secondary N) is 2. The number of anilines is 2. The van der Waals surface area contributed by atoms with Crippen LogP contribution < -0.4 is 10.6 Å². The molecule has 1 heterocycles. The summed E-state index contributed by atoms with van der Waals surface area (Å²) in [5, 5.41) is 5.61. The standard InChI is InChI=1S/C23H28N4O3/c1-5-14-27-19-9-7-6-8-18(19)25-21(27)26-20(28)15-16-10-12-17(13-11-16)24-22(29)30-23(2,3)4/h6-13H,5,14-15H2,1-4H3,(H,24,29)(H,25,26,28). The summed E-state index contributed by atoms with van der Waals surface area (Å²) >= 11 is 0. The molecule has 0 aliphatic carbocycles. The van der Waals surface area contributed by atoms with Crippen molar-refractivity contribution in [3.05, 3.63) is 54.1 Å². The number of aromatic nitrogens is 2. The van der Waals surface area contributed by atoms with Gasteiger partial charge in [-0.25, -0.2) is 9.78 Å². The molecule has 3 aromatic rings. The second kappa shape index (κ2) is 8.98. The number of fused-ring (bicyclic) bond motifs is 1. The lowest BCUT2D eigenvalue weighted by Gasteiger charge is -2.19. The van der Waals surface area contributed by atoms with E-state index in [-0.39, 0.29) is 12.3 Å². The van der Waals surface area contributed by atoms with E-state index in [1.165, 1.54) is 0 Å². The van der Waals surface area contributed by atoms with Gasteiger partial charge in [0.15, 0.2) is 0 Å². The number of aryl methyl sites for hydroxylation is 1. The summed E-state index contributed by atoms with van der Waals surface area (Å²) in [6.07, 6.45) is 0.639. The van der Waals surface area contributed by atoms with Crippen molar-refractivity contribution in [3.63, 3.8) is 0 Å². The minimum Gasteiger partial charge on any atom is -0.444 e. The fourth-order valence-corrected chi connectivity index (χ4v) is 3.10. The van der Waals surface area contributed by atoms with E-state index in [2.05, 4.69) is 22.5 Å². The lowest BCUT2D eigenvalue weighted by molar-refractivity contribution is -0.115. The first kappa shape index (κ1) is 21.4. The average molecular weight is 409 g/mol. The van der Waals surface area contributed by atoms with Crippen LogP contribution in [0.5, 0.6) is 0 Å². The summed E-state index contributed by atoms with van der Waals surface area (Å²) in [6, 6.07) is 15.0. The predicted molar refractivity (Wildman–Crippen MR) is 119 cm³/mol. The van der Waals surface area contributed by atoms with E-state index in [4.69, 9.17) is 4.74 Å². The summed E-state index contributed by atoms with van der Waals surface area (Å²) in [7, 11) is 0. The minimum absolute atomic E-state index is 0.143. The molecule has 0 saturated heterocycles. The number of rotatable bonds is 6. The van der Waals surface area contributed by atoms with E-state index in [9.17, 15) is 9.59 Å². The van der Waals surface area contributed by atoms with Crippen molar-refractivity contribution in [1.82, 2.24) is 9.55 Å². The molecule has 30 heavy (non-hydrogen) atoms. The van der Waals surface area contributed by atoms with Crippen molar-refractivity contribution >= 4 is 34.7 Å². The molecule has 0 aliphatic heterocycles. The van der Waals surface area contributed by atoms with E-state index in [1.807, 2.05) is 49.6 Å². The Hall–Kier alpha value is -3.35. The molecule has 0 saturated carbocycles. The maximum Gasteiger partial charge on any atom is 0.412 e. The second-order valence-corrected chi connectivity index (χ2v) is 8.12. The predicted octanol–water partition coefficient (Wildman–Crippen LogP) is 4.97. The minimum atomic E-state index is -0.559. The van der Waals surface area contributed by atoms with Crippen LogP contribution in [0.4, 0.5) is 16.4 Å². The zero-order valence-electron chi connectivity index (χ0n) is 17.9. The molecular formula is C23H28N4O3. The zero-order valence-corrected chi connectivity index (χ0v) is 17.9. The van der Waals surface area contributed by atoms with Crippen LogP contribution in [-0.2, 0) is 22.5 Å². The first-order valence-corrected chi connectivity index (χ1v) is 10.1. The molecule has 0 aliphatic rings. The molecular weight excluding hydrogens is 380 g/mol. The van der Waals surface area contributed by atoms with Crippen LogP contribution in [0.25, 0.3) is 11.0 Å². The Morgan fingerprint density at radius 1 is 1.03 bits per heavy atom. The van der Waals surface area contributed by atoms with Gasteiger partial charge in [-0.05, 0) is 57.0 Å². The smallest absolute Gasteiger partial charge is 0.412 e. The van der Waals surface area contributed by atoms with Gasteiger partial charge in [-0.15, -0.1) is 0 Å². The third kappa shape index (κ3) is 5.59. The van der Waals surface area contributed by atoms with E-state index >= 15 is 0 Å². The molecule has 1 aromatic heterocycles. The SMILES string of the molecule is CCCn1c(NC(=O)Cc2ccc(NC(=O)OC(C)(C)C)cc2)nc2ccccc21. The fraction of sp³-hybridized carbons (Fsp3) is 0.348. The van der Waals surface area contributed by atoms with Gasteiger partial charge in [0.2, 0.25) is 11.9 Å². The van der Waals surface area contributed by atoms with E-state index in [0.717, 1.165) is 29.6 Å². The van der Waals surface area contributed by atoms with E-state index in [1.54, 1.807) is 24.3 Å². The van der Waals surface area contributed by atoms with Gasteiger partial charge in [0.05, 0.1) is 17.5 Å². The molecule has 2 aromatic carbocycles. The molecule has 0 spiro atoms. The largest absolute Gasteiger partial charge is 0.444 e. The van der Waals surface area contributed by atoms with Crippen molar-refractivity contribution in [2.45, 2.75) is 52.7 Å². The van der Waals surface area contributed by atoms with Crippen molar-refractivity contribution < 1.29 is 14.3 Å². The first-order valence-electron chi connectivity index (χ1n) is 10.1. The van der Waals surface area contributed by atoms with Crippen LogP contribution in [-0.4, -0.2) is 27.2 Å². The van der Waals surface area contributed by atoms with Crippen molar-refractivity contribution in [2.24, 2.45) is 0 Å². The second-order valence-electron chi connectivity index (χ2n) is 8.12. The number of para-hydroxylation sites is 2. The maximum atomic E-state index is 12.6. The molecule has 0 bridgehead atoms. The van der Waals surface area contributed by atoms with Gasteiger partial charge in [0.25, 0.3) is 0 Å². The Morgan fingerprint density at radius 3 is 2.40 bits per heavy atom. The van der Waals surface area contributed by atoms with E-state index in [0.29, 0.717) is 11.6 Å². The van der Waals surface area contributed by atoms with Gasteiger partial charge in [-0.2, -0.15) is 0 Å². The Labute approximate surface area is 176 Å². The van der Waals surface area contributed by atoms with Crippen LogP contribution in [0.3, 0.4) is 0 Å². The Balaban J connectivity index is 1.63. The maximum absolute atomic E-state index is 12.6. The summed E-state index contributed by atoms with van der Waals surface area (Å²) < 4.78 is 7.26. The van der Waals surface area contributed by atoms with Gasteiger partial charge in [0, 0.05) is 12.2 Å². The average Bonchev–Trinajstić information content (AvgIpc) is 2.99. The number of imidazole rings is 1. The van der Waals surface area contributed by atoms with Crippen molar-refractivity contribution in [3.8, 4) is 0 Å². The fourth-order valence-electron chi connectivity index (χ4n) is 3.10. The van der Waals surface area contributed by atoms with Crippen LogP contribution >= 0.6 is 0 Å². The highest BCUT2D eigenvalue weighted by molar-refractivity contribution is 5.93. The lowest BCUT2D eigenvalue weighted by atomic mass is 10.1. The molecule has 2 amide bonds. The Morgan fingerprint density at radius 2 is 1.73 bits per heavy atom. The highest BCUT2D eigenvalue weighted by Gasteiger charge is 2.16. The molecule has 0 atom stereocenters. The lowest BCUT2D eigenvalue weighted by Crippen LogP contribution is -2.27. The topological polar surface area (TPSA) is 85.2 Å². The van der Waals surface area contributed by atoms with Gasteiger partial charge in [-0.1, -0.05) is 31.2 Å². The van der Waals surface area contributed by atoms with E-state index < -0.39 is 11.7 Å². The van der Waals surface area contributed by atoms with Crippen molar-refractivity contribution in [1.29, 1.82) is 0 Å². The number of hydrogen-bond acceptors (Lipinski definition) is 4. The number of amides is 2. The van der Waals surface area contributed by atoms with Crippen LogP contribution in [0.2, 0.25) is 0 Å². The van der Waals surface area contributed by atoms with Gasteiger partial charge < -0.3 is 9.30 Å². The summed E-state index contributed by atoms with van der Waals surface area (Å²) in [5.41, 5.74) is 2.75. The normalized spacial score (nSPS) is 11.3. The third-order valence-corrected chi connectivity index (χ3v) is 4.32. The molecule has 2 N–H and O–H groups in total. The highest BCUT2D eigenvalue weighted by atomic mass is 16.6. The third-order valence-electron chi connectivity index (χ3n) is 4.32. The monoisotopic (exact) mass is 408 g/mol. The molecule has 158 valence electrons. The number of carbonyl (C=O) groups is 2. The summed E-state index contributed by atoms with van der Waals surface area (Å²) in [5.74, 6) is 0.418. The Bertz CT molecular complexity index is 1030. The molecule has 0 radical (unpaired) electrons. The molecule has 7 nitrogen and oxygen atoms in total. The molecule has 0 fully saturated rings. The summed E-state index contributed by atoms with van der Waals surface area (Å²) in [6.45, 7) is 8.30. The highest BCUT2D eigenvalue weighted by Crippen LogP contribution is 2.20. The van der Waals surface area contributed by atoms with Gasteiger partial charge in [0.1, 0.15) is 5.60 Å². The van der Waals surface area contributed by atoms with Crippen molar-refractivity contribution in [2.75, 3.05) is 10.6 Å². The molecule has 3 rings (SSSR count). The summed E-state index contributed by atoms with van der Waals surface area (Å²) in [4.78, 5) is 29.0. The number of hydrogen-bond donors (Lipinski definition) is 2. The van der Waals surface area contributed by atoms with Gasteiger partial charge in [-0.3, -0.25) is 15.4 Å². The Kier molecular flexibility index (Phi) is 6.40. The zero-order chi connectivity index (χ0) is 21.7. The number of nitrogens with zero attached hydrogens (tertiary/aromatic N) is 2. The number of ether oxygens (including phenoxy) is 1. The number of carbonyl (C=O) groups excluding carboxylic acids is 2. The van der Waals surface area contributed by atoms with Crippen LogP contribution in [0.1, 0.15) is 39.7 Å². The van der Waals surface area contributed by atoms with Gasteiger partial charge >= 0.3 is 6.09 Å². The number of benzene rings is 2. The first-order chi connectivity index (χ1) is 14.2. The quantitative estimate of drug-likeness (QED) is 0.603.